The Kier molecular flexibility index (Phi) is 5.82. The summed E-state index contributed by atoms with van der Waals surface area (Å²) in [6, 6.07) is 6.60. The second kappa shape index (κ2) is 7.97. The molecule has 2 aromatic heterocycles. The van der Waals surface area contributed by atoms with Crippen molar-refractivity contribution < 1.29 is 22.0 Å². The maximum absolute atomic E-state index is 12.8. The number of carbonyl (C=O) groups is 1. The van der Waals surface area contributed by atoms with Gasteiger partial charge in [0.1, 0.15) is 4.83 Å². The molecule has 0 aliphatic carbocycles. The van der Waals surface area contributed by atoms with E-state index in [2.05, 4.69) is 10.3 Å². The van der Waals surface area contributed by atoms with Crippen LogP contribution in [0, 0.1) is 0 Å². The average molecular weight is 445 g/mol. The summed E-state index contributed by atoms with van der Waals surface area (Å²) in [6.45, 7) is 0. The molecule has 0 unspecified atom stereocenters. The fraction of sp³-hybridized carbons (Fsp3) is 0.188. The molecule has 0 atom stereocenters. The number of carbonyl (C=O) groups excluding carboxylic acids is 1. The van der Waals surface area contributed by atoms with Gasteiger partial charge < -0.3 is 5.32 Å². The van der Waals surface area contributed by atoms with Gasteiger partial charge in [-0.3, -0.25) is 14.2 Å². The zero-order chi connectivity index (χ0) is 20.5. The Labute approximate surface area is 166 Å². The molecule has 12 heteroatoms. The highest BCUT2D eigenvalue weighted by Crippen LogP contribution is 2.26. The number of aromatic nitrogens is 2. The third-order valence-corrected chi connectivity index (χ3v) is 6.97. The molecule has 28 heavy (non-hydrogen) atoms. The van der Waals surface area contributed by atoms with Crippen molar-refractivity contribution in [3.8, 4) is 0 Å². The van der Waals surface area contributed by atoms with Crippen molar-refractivity contribution in [1.29, 1.82) is 0 Å². The van der Waals surface area contributed by atoms with E-state index < -0.39 is 26.4 Å². The van der Waals surface area contributed by atoms with Gasteiger partial charge in [0, 0.05) is 7.05 Å². The maximum atomic E-state index is 12.8. The van der Waals surface area contributed by atoms with Crippen LogP contribution in [0.15, 0.2) is 50.6 Å². The largest absolute Gasteiger partial charge is 0.341 e. The Morgan fingerprint density at radius 2 is 2.04 bits per heavy atom. The Balaban J connectivity index is 1.78. The van der Waals surface area contributed by atoms with Crippen molar-refractivity contribution in [2.24, 2.45) is 7.05 Å². The quantitative estimate of drug-likeness (QED) is 0.463. The lowest BCUT2D eigenvalue weighted by atomic mass is 10.3. The van der Waals surface area contributed by atoms with Gasteiger partial charge in [-0.2, -0.15) is 8.78 Å². The van der Waals surface area contributed by atoms with Gasteiger partial charge in [-0.05, 0) is 23.6 Å². The van der Waals surface area contributed by atoms with Crippen LogP contribution in [0.1, 0.15) is 0 Å². The van der Waals surface area contributed by atoms with Crippen molar-refractivity contribution in [2.45, 2.75) is 15.8 Å². The molecule has 7 nitrogen and oxygen atoms in total. The predicted octanol–water partition coefficient (Wildman–Crippen LogP) is 2.72. The van der Waals surface area contributed by atoms with E-state index in [4.69, 9.17) is 0 Å². The molecule has 1 aromatic carbocycles. The van der Waals surface area contributed by atoms with E-state index in [9.17, 15) is 26.8 Å². The summed E-state index contributed by atoms with van der Waals surface area (Å²) in [5.74, 6) is -4.42. The third-order valence-electron chi connectivity index (χ3n) is 3.70. The van der Waals surface area contributed by atoms with Crippen molar-refractivity contribution >= 4 is 54.7 Å². The van der Waals surface area contributed by atoms with Gasteiger partial charge in [0.15, 0.2) is 5.16 Å². The molecule has 0 spiro atoms. The number of hydrogen-bond donors (Lipinski definition) is 1. The van der Waals surface area contributed by atoms with Crippen LogP contribution in [0.2, 0.25) is 0 Å². The van der Waals surface area contributed by atoms with Gasteiger partial charge in [0.25, 0.3) is 5.56 Å². The fourth-order valence-electron chi connectivity index (χ4n) is 2.34. The molecule has 148 valence electrons. The second-order valence-corrected chi connectivity index (χ2v) is 9.26. The first-order valence-electron chi connectivity index (χ1n) is 7.70. The van der Waals surface area contributed by atoms with E-state index in [-0.39, 0.29) is 17.0 Å². The van der Waals surface area contributed by atoms with Gasteiger partial charge in [0.05, 0.1) is 21.7 Å². The SMILES string of the molecule is Cn1c(SCC(=O)Nc2ccccc2S(=O)(=O)C(F)F)nc2sccc2c1=O. The molecule has 0 saturated heterocycles. The Morgan fingerprint density at radius 1 is 1.32 bits per heavy atom. The summed E-state index contributed by atoms with van der Waals surface area (Å²) in [5, 5.41) is 4.85. The summed E-state index contributed by atoms with van der Waals surface area (Å²) in [4.78, 5) is 28.7. The van der Waals surface area contributed by atoms with Crippen LogP contribution >= 0.6 is 23.1 Å². The Bertz CT molecular complexity index is 1210. The fourth-order valence-corrected chi connectivity index (χ4v) is 4.80. The smallest absolute Gasteiger partial charge is 0.324 e. The van der Waals surface area contributed by atoms with Gasteiger partial charge in [-0.15, -0.1) is 11.3 Å². The van der Waals surface area contributed by atoms with Gasteiger partial charge in [-0.25, -0.2) is 13.4 Å². The summed E-state index contributed by atoms with van der Waals surface area (Å²) in [7, 11) is -3.34. The number of benzene rings is 1. The molecule has 0 radical (unpaired) electrons. The zero-order valence-corrected chi connectivity index (χ0v) is 16.7. The normalized spacial score (nSPS) is 11.9. The number of thioether (sulfide) groups is 1. The van der Waals surface area contributed by atoms with E-state index in [1.54, 1.807) is 11.4 Å². The molecule has 3 rings (SSSR count). The van der Waals surface area contributed by atoms with E-state index in [0.29, 0.717) is 15.4 Å². The number of sulfone groups is 1. The van der Waals surface area contributed by atoms with Crippen LogP contribution in [0.3, 0.4) is 0 Å². The maximum Gasteiger partial charge on any atom is 0.341 e. The molecular weight excluding hydrogens is 432 g/mol. The lowest BCUT2D eigenvalue weighted by Gasteiger charge is -2.11. The highest BCUT2D eigenvalue weighted by Gasteiger charge is 2.29. The number of amides is 1. The molecule has 2 heterocycles. The first kappa shape index (κ1) is 20.4. The van der Waals surface area contributed by atoms with Crippen molar-refractivity contribution in [2.75, 3.05) is 11.1 Å². The van der Waals surface area contributed by atoms with Crippen LogP contribution in [0.4, 0.5) is 14.5 Å². The third kappa shape index (κ3) is 3.93. The standard InChI is InChI=1S/C16H13F2N3O4S3/c1-21-14(23)9-6-7-26-13(9)20-16(21)27-8-12(22)19-10-4-2-3-5-11(10)28(24,25)15(17)18/h2-7,15H,8H2,1H3,(H,19,22). The number of hydrogen-bond acceptors (Lipinski definition) is 7. The number of alkyl halides is 2. The molecule has 0 bridgehead atoms. The first-order chi connectivity index (χ1) is 13.2. The Hall–Kier alpha value is -2.31. The number of nitrogens with one attached hydrogen (secondary N) is 1. The second-order valence-electron chi connectivity index (χ2n) is 5.54. The van der Waals surface area contributed by atoms with Gasteiger partial charge in [0.2, 0.25) is 15.7 Å². The van der Waals surface area contributed by atoms with Crippen LogP contribution in [0.5, 0.6) is 0 Å². The highest BCUT2D eigenvalue weighted by molar-refractivity contribution is 7.99. The predicted molar refractivity (Wildman–Crippen MR) is 104 cm³/mol. The number of anilines is 1. The van der Waals surface area contributed by atoms with Crippen LogP contribution < -0.4 is 10.9 Å². The number of thiophene rings is 1. The number of rotatable bonds is 6. The molecule has 0 aliphatic rings. The zero-order valence-electron chi connectivity index (χ0n) is 14.3. The molecule has 3 aromatic rings. The number of nitrogens with zero attached hydrogens (tertiary/aromatic N) is 2. The molecule has 0 aliphatic heterocycles. The van der Waals surface area contributed by atoms with E-state index in [1.807, 2.05) is 0 Å². The van der Waals surface area contributed by atoms with Crippen LogP contribution in [-0.4, -0.2) is 35.4 Å². The van der Waals surface area contributed by atoms with Gasteiger partial charge >= 0.3 is 5.76 Å². The minimum atomic E-state index is -4.86. The molecule has 1 amide bonds. The first-order valence-corrected chi connectivity index (χ1v) is 11.1. The Morgan fingerprint density at radius 3 is 2.75 bits per heavy atom. The van der Waals surface area contributed by atoms with E-state index >= 15 is 0 Å². The van der Waals surface area contributed by atoms with Crippen molar-refractivity contribution in [3.05, 3.63) is 46.1 Å². The summed E-state index contributed by atoms with van der Waals surface area (Å²) in [6.07, 6.45) is 0. The minimum Gasteiger partial charge on any atom is -0.324 e. The minimum absolute atomic E-state index is 0.194. The summed E-state index contributed by atoms with van der Waals surface area (Å²) in [5.41, 5.74) is -0.480. The molecule has 0 fully saturated rings. The topological polar surface area (TPSA) is 98.1 Å². The number of para-hydroxylation sites is 1. The average Bonchev–Trinajstić information content (AvgIpc) is 3.12. The highest BCUT2D eigenvalue weighted by atomic mass is 32.2. The molecule has 0 saturated carbocycles. The molecular formula is C16H13F2N3O4S3. The van der Waals surface area contributed by atoms with Gasteiger partial charge in [-0.1, -0.05) is 23.9 Å². The van der Waals surface area contributed by atoms with E-state index in [0.717, 1.165) is 17.8 Å². The number of fused-ring (bicyclic) bond motifs is 1. The lowest BCUT2D eigenvalue weighted by Crippen LogP contribution is -2.21. The molecule has 1 N–H and O–H groups in total. The summed E-state index contributed by atoms with van der Waals surface area (Å²) >= 11 is 2.27. The van der Waals surface area contributed by atoms with Crippen molar-refractivity contribution in [1.82, 2.24) is 9.55 Å². The van der Waals surface area contributed by atoms with Crippen molar-refractivity contribution in [3.63, 3.8) is 0 Å². The summed E-state index contributed by atoms with van der Waals surface area (Å²) < 4.78 is 50.4. The van der Waals surface area contributed by atoms with Crippen LogP contribution in [0.25, 0.3) is 10.2 Å². The number of halogens is 2. The van der Waals surface area contributed by atoms with Crippen LogP contribution in [-0.2, 0) is 21.7 Å². The lowest BCUT2D eigenvalue weighted by molar-refractivity contribution is -0.113. The monoisotopic (exact) mass is 445 g/mol. The van der Waals surface area contributed by atoms with E-state index in [1.165, 1.54) is 41.2 Å².